The molecule has 0 aliphatic carbocycles. The third-order valence-corrected chi connectivity index (χ3v) is 9.38. The molecule has 6 amide bonds. The van der Waals surface area contributed by atoms with Gasteiger partial charge in [-0.3, -0.25) is 33.3 Å². The number of carbonyl (C=O) groups excluding carboxylic acids is 6. The van der Waals surface area contributed by atoms with Crippen molar-refractivity contribution in [2.45, 2.75) is 37.3 Å². The number of ether oxygens (including phenoxy) is 1. The van der Waals surface area contributed by atoms with Gasteiger partial charge < -0.3 is 42.2 Å². The topological polar surface area (TPSA) is 296 Å². The Bertz CT molecular complexity index is 2650. The molecule has 0 fully saturated rings. The highest BCUT2D eigenvalue weighted by Crippen LogP contribution is 2.39. The number of phenols is 1. The van der Waals surface area contributed by atoms with E-state index in [1.807, 2.05) is 6.07 Å². The molecule has 0 unspecified atom stereocenters. The first-order chi connectivity index (χ1) is 28.9. The van der Waals surface area contributed by atoms with E-state index < -0.39 is 69.9 Å². The van der Waals surface area contributed by atoms with Crippen LogP contribution in [0.2, 0.25) is 0 Å². The summed E-state index contributed by atoms with van der Waals surface area (Å²) in [5.74, 6) is -5.10. The van der Waals surface area contributed by atoms with Crippen LogP contribution in [0.4, 0.5) is 22.7 Å². The van der Waals surface area contributed by atoms with E-state index in [-0.39, 0.29) is 44.4 Å². The number of hydrogen-bond acceptors (Lipinski definition) is 11. The fraction of sp³-hybridized carbons (Fsp3) is 0.119. The summed E-state index contributed by atoms with van der Waals surface area (Å²) < 4.78 is 37.6. The number of nitrogens with one attached hydrogen (secondary N) is 5. The first-order valence-corrected chi connectivity index (χ1v) is 19.5. The summed E-state index contributed by atoms with van der Waals surface area (Å²) in [6.45, 7) is 3.31. The predicted octanol–water partition coefficient (Wildman–Crippen LogP) is 4.67. The van der Waals surface area contributed by atoms with Crippen LogP contribution in [0.25, 0.3) is 0 Å². The summed E-state index contributed by atoms with van der Waals surface area (Å²) in [5, 5.41) is 32.8. The zero-order chi connectivity index (χ0) is 44.4. The van der Waals surface area contributed by atoms with Gasteiger partial charge >= 0.3 is 0 Å². The Labute approximate surface area is 348 Å². The fourth-order valence-corrected chi connectivity index (χ4v) is 5.98. The smallest absolute Gasteiger partial charge is 0.294 e. The first-order valence-electron chi connectivity index (χ1n) is 18.1. The zero-order valence-electron chi connectivity index (χ0n) is 32.3. The number of primary amides is 1. The van der Waals surface area contributed by atoms with Crippen molar-refractivity contribution in [3.8, 4) is 17.6 Å². The number of nitrogens with zero attached hydrogens (tertiary/aromatic N) is 1. The van der Waals surface area contributed by atoms with Crippen molar-refractivity contribution in [2.24, 2.45) is 5.73 Å². The largest absolute Gasteiger partial charge is 0.504 e. The van der Waals surface area contributed by atoms with Crippen LogP contribution in [0, 0.1) is 11.3 Å². The quantitative estimate of drug-likeness (QED) is 0.0667. The lowest BCUT2D eigenvalue weighted by atomic mass is 10.1. The van der Waals surface area contributed by atoms with Crippen molar-refractivity contribution >= 4 is 68.3 Å². The number of hydrogen-bond donors (Lipinski definition) is 8. The van der Waals surface area contributed by atoms with Gasteiger partial charge in [-0.2, -0.15) is 13.7 Å². The molecular weight excluding hydrogens is 811 g/mol. The molecule has 0 aliphatic rings. The summed E-state index contributed by atoms with van der Waals surface area (Å²) in [6, 6.07) is 25.0. The lowest BCUT2D eigenvalue weighted by Gasteiger charge is -2.19. The van der Waals surface area contributed by atoms with Gasteiger partial charge in [0.2, 0.25) is 11.8 Å². The molecular formula is C42H37N7O11S. The minimum atomic E-state index is -4.45. The van der Waals surface area contributed by atoms with Crippen molar-refractivity contribution in [3.05, 3.63) is 137 Å². The molecule has 0 saturated heterocycles. The fourth-order valence-electron chi connectivity index (χ4n) is 5.50. The molecule has 0 radical (unpaired) electrons. The first kappa shape index (κ1) is 44.0. The molecule has 61 heavy (non-hydrogen) atoms. The number of anilines is 4. The third kappa shape index (κ3) is 11.8. The van der Waals surface area contributed by atoms with Crippen molar-refractivity contribution in [1.29, 1.82) is 5.26 Å². The highest BCUT2D eigenvalue weighted by atomic mass is 32.2. The second-order valence-corrected chi connectivity index (χ2v) is 14.8. The van der Waals surface area contributed by atoms with Crippen LogP contribution < -0.4 is 37.1 Å². The van der Waals surface area contributed by atoms with Crippen LogP contribution in [-0.2, 0) is 19.7 Å². The van der Waals surface area contributed by atoms with Crippen molar-refractivity contribution in [3.63, 3.8) is 0 Å². The number of amides is 6. The lowest BCUT2D eigenvalue weighted by molar-refractivity contribution is -0.123. The zero-order valence-corrected chi connectivity index (χ0v) is 33.1. The predicted molar refractivity (Wildman–Crippen MR) is 222 cm³/mol. The van der Waals surface area contributed by atoms with Gasteiger partial charge in [-0.05, 0) is 123 Å². The lowest BCUT2D eigenvalue weighted by Crippen LogP contribution is -2.46. The standard InChI is InChI=1S/C42H37N7O11S/c1-23(2)60-37-33(20-19-32(36(37)51)41(55)46-30-15-17-31(18-16-30)61(57,58)59)48-39(53)26-9-13-29(14-10-26)47-42(56)34(21-35(44)50)49-40(54)27-7-11-28(12-8-27)45-38(52)25-5-3-24(22-43)4-6-25/h3-20,23,34,51H,21H2,1-2H3,(H2,44,50)(H,45,52)(H,46,55)(H,47,56)(H,48,53)(H,49,54)(H,57,58,59)/t34-/m0/s1. The molecule has 5 aromatic carbocycles. The number of phenolic OH excluding ortho intramolecular Hbond substituents is 1. The molecule has 1 atom stereocenters. The maximum atomic E-state index is 13.3. The highest BCUT2D eigenvalue weighted by Gasteiger charge is 2.25. The van der Waals surface area contributed by atoms with Crippen LogP contribution in [-0.4, -0.2) is 65.7 Å². The Morgan fingerprint density at radius 3 is 1.66 bits per heavy atom. The van der Waals surface area contributed by atoms with E-state index in [2.05, 4.69) is 26.6 Å². The van der Waals surface area contributed by atoms with Gasteiger partial charge in [0.05, 0.1) is 40.3 Å². The van der Waals surface area contributed by atoms with Crippen molar-refractivity contribution < 1.29 is 51.6 Å². The second-order valence-electron chi connectivity index (χ2n) is 13.4. The Balaban J connectivity index is 1.21. The van der Waals surface area contributed by atoms with Gasteiger partial charge in [-0.1, -0.05) is 0 Å². The van der Waals surface area contributed by atoms with E-state index in [1.165, 1.54) is 97.1 Å². The Hall–Kier alpha value is -8.08. The van der Waals surface area contributed by atoms with E-state index in [0.717, 1.165) is 12.1 Å². The van der Waals surface area contributed by atoms with Crippen LogP contribution in [0.3, 0.4) is 0 Å². The number of nitriles is 1. The van der Waals surface area contributed by atoms with Gasteiger partial charge in [-0.25, -0.2) is 0 Å². The van der Waals surface area contributed by atoms with E-state index in [0.29, 0.717) is 16.8 Å². The van der Waals surface area contributed by atoms with Crippen LogP contribution in [0.15, 0.2) is 114 Å². The molecule has 0 bridgehead atoms. The summed E-state index contributed by atoms with van der Waals surface area (Å²) in [4.78, 5) is 76.7. The molecule has 5 aromatic rings. The Morgan fingerprint density at radius 2 is 1.15 bits per heavy atom. The van der Waals surface area contributed by atoms with Gasteiger partial charge in [0.1, 0.15) is 6.04 Å². The molecule has 0 aliphatic heterocycles. The summed E-state index contributed by atoms with van der Waals surface area (Å²) >= 11 is 0. The summed E-state index contributed by atoms with van der Waals surface area (Å²) in [6.07, 6.45) is -1.06. The number of benzene rings is 5. The van der Waals surface area contributed by atoms with Crippen molar-refractivity contribution in [1.82, 2.24) is 5.32 Å². The Morgan fingerprint density at radius 1 is 0.672 bits per heavy atom. The molecule has 19 heteroatoms. The summed E-state index contributed by atoms with van der Waals surface area (Å²) in [5.41, 5.74) is 6.76. The SMILES string of the molecule is CC(C)Oc1c(NC(=O)c2ccc(NC(=O)[C@H](CC(N)=O)NC(=O)c3ccc(NC(=O)c4ccc(C#N)cc4)cc3)cc2)ccc(C(=O)Nc2ccc(S(=O)(=O)O)cc2)c1O. The molecule has 9 N–H and O–H groups in total. The molecule has 0 spiro atoms. The number of carbonyl (C=O) groups is 6. The monoisotopic (exact) mass is 847 g/mol. The maximum Gasteiger partial charge on any atom is 0.294 e. The molecule has 0 saturated carbocycles. The highest BCUT2D eigenvalue weighted by molar-refractivity contribution is 7.85. The summed E-state index contributed by atoms with van der Waals surface area (Å²) in [7, 11) is -4.45. The minimum Gasteiger partial charge on any atom is -0.504 e. The molecule has 312 valence electrons. The van der Waals surface area contributed by atoms with Gasteiger partial charge in [0.25, 0.3) is 33.7 Å². The normalized spacial score (nSPS) is 11.3. The van der Waals surface area contributed by atoms with Gasteiger partial charge in [-0.15, -0.1) is 0 Å². The third-order valence-electron chi connectivity index (χ3n) is 8.51. The molecule has 0 heterocycles. The molecule has 18 nitrogen and oxygen atoms in total. The maximum absolute atomic E-state index is 13.3. The second kappa shape index (κ2) is 19.1. The average molecular weight is 848 g/mol. The average Bonchev–Trinajstić information content (AvgIpc) is 3.22. The van der Waals surface area contributed by atoms with E-state index in [9.17, 15) is 46.8 Å². The van der Waals surface area contributed by atoms with Crippen molar-refractivity contribution in [2.75, 3.05) is 21.3 Å². The van der Waals surface area contributed by atoms with Crippen LogP contribution in [0.1, 0.15) is 67.3 Å². The minimum absolute atomic E-state index is 0.00941. The Kier molecular flexibility index (Phi) is 13.8. The van der Waals surface area contributed by atoms with Gasteiger partial charge in [0.15, 0.2) is 11.5 Å². The van der Waals surface area contributed by atoms with Crippen LogP contribution >= 0.6 is 0 Å². The number of nitrogens with two attached hydrogens (primary N) is 1. The van der Waals surface area contributed by atoms with E-state index in [4.69, 9.17) is 15.7 Å². The molecule has 5 rings (SSSR count). The van der Waals surface area contributed by atoms with Gasteiger partial charge in [0, 0.05) is 33.8 Å². The molecule has 0 aromatic heterocycles. The number of aromatic hydroxyl groups is 1. The van der Waals surface area contributed by atoms with E-state index in [1.54, 1.807) is 13.8 Å². The van der Waals surface area contributed by atoms with Crippen LogP contribution in [0.5, 0.6) is 11.5 Å². The number of rotatable bonds is 15. The van der Waals surface area contributed by atoms with E-state index >= 15 is 0 Å².